The van der Waals surface area contributed by atoms with Gasteiger partial charge in [-0.15, -0.1) is 0 Å². The quantitative estimate of drug-likeness (QED) is 0.907. The molecule has 4 heteroatoms. The highest BCUT2D eigenvalue weighted by Crippen LogP contribution is 2.29. The van der Waals surface area contributed by atoms with Gasteiger partial charge >= 0.3 is 0 Å². The minimum Gasteiger partial charge on any atom is -0.384 e. The maximum absolute atomic E-state index is 6.03. The van der Waals surface area contributed by atoms with Gasteiger partial charge in [0.25, 0.3) is 0 Å². The lowest BCUT2D eigenvalue weighted by Crippen LogP contribution is -1.99. The summed E-state index contributed by atoms with van der Waals surface area (Å²) in [5, 5.41) is 5.19. The van der Waals surface area contributed by atoms with Gasteiger partial charge in [-0.05, 0) is 18.6 Å². The lowest BCUT2D eigenvalue weighted by atomic mass is 10.0. The maximum Gasteiger partial charge on any atom is 0.125 e. The molecule has 0 aliphatic heterocycles. The van der Waals surface area contributed by atoms with Crippen LogP contribution in [0.15, 0.2) is 24.3 Å². The van der Waals surface area contributed by atoms with E-state index in [0.29, 0.717) is 5.02 Å². The van der Waals surface area contributed by atoms with E-state index in [-0.39, 0.29) is 0 Å². The van der Waals surface area contributed by atoms with Gasteiger partial charge in [-0.3, -0.25) is 4.68 Å². The largest absolute Gasteiger partial charge is 0.384 e. The Morgan fingerprint density at radius 2 is 2.18 bits per heavy atom. The second-order valence-electron chi connectivity index (χ2n) is 4.10. The summed E-state index contributed by atoms with van der Waals surface area (Å²) in [4.78, 5) is 0. The van der Waals surface area contributed by atoms with Crippen LogP contribution in [0.4, 0.5) is 5.82 Å². The summed E-state index contributed by atoms with van der Waals surface area (Å²) in [6.07, 6.45) is 1.98. The van der Waals surface area contributed by atoms with Crippen LogP contribution >= 0.6 is 11.6 Å². The summed E-state index contributed by atoms with van der Waals surface area (Å²) < 4.78 is 1.72. The van der Waals surface area contributed by atoms with Gasteiger partial charge in [0.1, 0.15) is 5.82 Å². The lowest BCUT2D eigenvalue weighted by Gasteiger charge is -2.02. The molecule has 17 heavy (non-hydrogen) atoms. The molecule has 0 aliphatic rings. The number of aryl methyl sites for hydroxylation is 1. The summed E-state index contributed by atoms with van der Waals surface area (Å²) in [7, 11) is 1.86. The SMILES string of the molecule is CCCc1c(-c2cccc(Cl)c2)nn(C)c1N. The molecule has 0 radical (unpaired) electrons. The number of nitrogens with zero attached hydrogens (tertiary/aromatic N) is 2. The van der Waals surface area contributed by atoms with Crippen LogP contribution in [0.25, 0.3) is 11.3 Å². The molecule has 0 fully saturated rings. The van der Waals surface area contributed by atoms with E-state index in [2.05, 4.69) is 12.0 Å². The van der Waals surface area contributed by atoms with Crippen molar-refractivity contribution in [3.8, 4) is 11.3 Å². The molecule has 2 rings (SSSR count). The number of halogens is 1. The molecule has 1 heterocycles. The molecule has 1 aromatic carbocycles. The summed E-state index contributed by atoms with van der Waals surface area (Å²) >= 11 is 6.00. The predicted octanol–water partition coefficient (Wildman–Crippen LogP) is 3.28. The Bertz CT molecular complexity index is 531. The second-order valence-corrected chi connectivity index (χ2v) is 4.53. The van der Waals surface area contributed by atoms with Gasteiger partial charge in [0.05, 0.1) is 5.69 Å². The third-order valence-corrected chi connectivity index (χ3v) is 3.03. The molecule has 1 aromatic heterocycles. The summed E-state index contributed by atoms with van der Waals surface area (Å²) in [5.41, 5.74) is 9.10. The number of hydrogen-bond donors (Lipinski definition) is 1. The summed E-state index contributed by atoms with van der Waals surface area (Å²) in [5.74, 6) is 0.738. The first-order valence-corrected chi connectivity index (χ1v) is 6.08. The molecular formula is C13H16ClN3. The van der Waals surface area contributed by atoms with Crippen LogP contribution in [-0.2, 0) is 13.5 Å². The van der Waals surface area contributed by atoms with Gasteiger partial charge in [0, 0.05) is 23.2 Å². The topological polar surface area (TPSA) is 43.8 Å². The van der Waals surface area contributed by atoms with Crippen molar-refractivity contribution in [1.82, 2.24) is 9.78 Å². The van der Waals surface area contributed by atoms with E-state index in [1.54, 1.807) is 4.68 Å². The summed E-state index contributed by atoms with van der Waals surface area (Å²) in [6.45, 7) is 2.13. The van der Waals surface area contributed by atoms with E-state index < -0.39 is 0 Å². The summed E-state index contributed by atoms with van der Waals surface area (Å²) in [6, 6.07) is 7.71. The van der Waals surface area contributed by atoms with Crippen LogP contribution in [0, 0.1) is 0 Å². The molecule has 0 spiro atoms. The van der Waals surface area contributed by atoms with Crippen molar-refractivity contribution in [1.29, 1.82) is 0 Å². The zero-order valence-corrected chi connectivity index (χ0v) is 10.8. The number of rotatable bonds is 3. The third kappa shape index (κ3) is 2.29. The van der Waals surface area contributed by atoms with Crippen LogP contribution in [0.5, 0.6) is 0 Å². The van der Waals surface area contributed by atoms with Gasteiger partial charge in [0.15, 0.2) is 0 Å². The van der Waals surface area contributed by atoms with E-state index in [1.807, 2.05) is 31.3 Å². The number of aromatic nitrogens is 2. The molecule has 2 aromatic rings. The van der Waals surface area contributed by atoms with Gasteiger partial charge in [-0.1, -0.05) is 37.1 Å². The first kappa shape index (κ1) is 12.0. The van der Waals surface area contributed by atoms with E-state index in [4.69, 9.17) is 17.3 Å². The van der Waals surface area contributed by atoms with E-state index in [0.717, 1.165) is 35.5 Å². The number of benzene rings is 1. The fourth-order valence-electron chi connectivity index (χ4n) is 1.95. The molecular weight excluding hydrogens is 234 g/mol. The maximum atomic E-state index is 6.03. The van der Waals surface area contributed by atoms with E-state index in [1.165, 1.54) is 0 Å². The first-order valence-electron chi connectivity index (χ1n) is 5.70. The van der Waals surface area contributed by atoms with E-state index >= 15 is 0 Å². The Labute approximate surface area is 106 Å². The molecule has 90 valence electrons. The fraction of sp³-hybridized carbons (Fsp3) is 0.308. The Balaban J connectivity index is 2.55. The average Bonchev–Trinajstić information content (AvgIpc) is 2.58. The van der Waals surface area contributed by atoms with Gasteiger partial charge in [-0.2, -0.15) is 5.10 Å². The zero-order chi connectivity index (χ0) is 12.4. The molecule has 0 unspecified atom stereocenters. The molecule has 2 N–H and O–H groups in total. The second kappa shape index (κ2) is 4.80. The van der Waals surface area contributed by atoms with E-state index in [9.17, 15) is 0 Å². The van der Waals surface area contributed by atoms with Crippen molar-refractivity contribution < 1.29 is 0 Å². The van der Waals surface area contributed by atoms with Crippen LogP contribution < -0.4 is 5.73 Å². The Morgan fingerprint density at radius 3 is 2.82 bits per heavy atom. The van der Waals surface area contributed by atoms with Gasteiger partial charge < -0.3 is 5.73 Å². The predicted molar refractivity (Wildman–Crippen MR) is 72.1 cm³/mol. The molecule has 0 saturated carbocycles. The number of hydrogen-bond acceptors (Lipinski definition) is 2. The normalized spacial score (nSPS) is 10.8. The van der Waals surface area contributed by atoms with Crippen LogP contribution in [-0.4, -0.2) is 9.78 Å². The smallest absolute Gasteiger partial charge is 0.125 e. The Kier molecular flexibility index (Phi) is 3.38. The first-order chi connectivity index (χ1) is 8.13. The molecule has 0 bridgehead atoms. The van der Waals surface area contributed by atoms with Crippen molar-refractivity contribution in [3.05, 3.63) is 34.9 Å². The fourth-order valence-corrected chi connectivity index (χ4v) is 2.14. The monoisotopic (exact) mass is 249 g/mol. The molecule has 0 amide bonds. The Morgan fingerprint density at radius 1 is 1.41 bits per heavy atom. The molecule has 0 atom stereocenters. The van der Waals surface area contributed by atoms with Crippen molar-refractivity contribution in [3.63, 3.8) is 0 Å². The average molecular weight is 250 g/mol. The lowest BCUT2D eigenvalue weighted by molar-refractivity contribution is 0.781. The van der Waals surface area contributed by atoms with Crippen molar-refractivity contribution in [2.24, 2.45) is 7.05 Å². The van der Waals surface area contributed by atoms with Crippen molar-refractivity contribution in [2.45, 2.75) is 19.8 Å². The minimum absolute atomic E-state index is 0.717. The third-order valence-electron chi connectivity index (χ3n) is 2.79. The minimum atomic E-state index is 0.717. The number of anilines is 1. The highest BCUT2D eigenvalue weighted by Gasteiger charge is 2.14. The van der Waals surface area contributed by atoms with Crippen LogP contribution in [0.3, 0.4) is 0 Å². The molecule has 0 saturated heterocycles. The Hall–Kier alpha value is -1.48. The zero-order valence-electron chi connectivity index (χ0n) is 10.1. The number of nitrogens with two attached hydrogens (primary N) is 1. The molecule has 0 aliphatic carbocycles. The van der Waals surface area contributed by atoms with Crippen molar-refractivity contribution >= 4 is 17.4 Å². The van der Waals surface area contributed by atoms with Crippen molar-refractivity contribution in [2.75, 3.05) is 5.73 Å². The number of nitrogen functional groups attached to an aromatic ring is 1. The van der Waals surface area contributed by atoms with Gasteiger partial charge in [0.2, 0.25) is 0 Å². The highest BCUT2D eigenvalue weighted by atomic mass is 35.5. The highest BCUT2D eigenvalue weighted by molar-refractivity contribution is 6.30. The standard InChI is InChI=1S/C13H16ClN3/c1-3-5-11-12(16-17(2)13(11)15)9-6-4-7-10(14)8-9/h4,6-8H,3,5,15H2,1-2H3. The van der Waals surface area contributed by atoms with Gasteiger partial charge in [-0.25, -0.2) is 0 Å². The molecule has 3 nitrogen and oxygen atoms in total. The van der Waals surface area contributed by atoms with Crippen LogP contribution in [0.2, 0.25) is 5.02 Å². The van der Waals surface area contributed by atoms with Crippen LogP contribution in [0.1, 0.15) is 18.9 Å².